The number of hydrogen-bond acceptors (Lipinski definition) is 3. The summed E-state index contributed by atoms with van der Waals surface area (Å²) in [6.45, 7) is 2.56. The molecule has 0 radical (unpaired) electrons. The molecule has 2 N–H and O–H groups in total. The average Bonchev–Trinajstić information content (AvgIpc) is 3.08. The maximum atomic E-state index is 12.6. The third-order valence-corrected chi connectivity index (χ3v) is 5.87. The normalized spacial score (nSPS) is 16.2. The van der Waals surface area contributed by atoms with Crippen LogP contribution in [0, 0.1) is 0 Å². The summed E-state index contributed by atoms with van der Waals surface area (Å²) in [6.07, 6.45) is 2.75. The van der Waals surface area contributed by atoms with E-state index in [1.807, 2.05) is 6.92 Å². The summed E-state index contributed by atoms with van der Waals surface area (Å²) in [5.41, 5.74) is 6.19. The number of nitrogen functional groups attached to an aromatic ring is 1. The summed E-state index contributed by atoms with van der Waals surface area (Å²) in [5.74, 6) is 0. The highest BCUT2D eigenvalue weighted by atomic mass is 79.9. The second kappa shape index (κ2) is 5.19. The Hall–Kier alpha value is -0.590. The van der Waals surface area contributed by atoms with Gasteiger partial charge >= 0.3 is 0 Å². The first kappa shape index (κ1) is 13.8. The molecule has 0 bridgehead atoms. The first-order valence-corrected chi connectivity index (χ1v) is 8.27. The summed E-state index contributed by atoms with van der Waals surface area (Å²) in [5, 5.41) is 0. The lowest BCUT2D eigenvalue weighted by Crippen LogP contribution is -2.34. The molecule has 100 valence electrons. The molecule has 2 rings (SSSR count). The van der Waals surface area contributed by atoms with Crippen molar-refractivity contribution in [2.45, 2.75) is 37.1 Å². The average molecular weight is 333 g/mol. The fourth-order valence-corrected chi connectivity index (χ4v) is 4.77. The van der Waals surface area contributed by atoms with Crippen LogP contribution in [-0.2, 0) is 10.0 Å². The SMILES string of the molecule is CCCN(C1CC1)S(=O)(=O)c1ccc(N)cc1Br. The van der Waals surface area contributed by atoms with Crippen LogP contribution < -0.4 is 5.73 Å². The van der Waals surface area contributed by atoms with Crippen molar-refractivity contribution in [3.05, 3.63) is 22.7 Å². The molecule has 0 saturated heterocycles. The maximum Gasteiger partial charge on any atom is 0.244 e. The Kier molecular flexibility index (Phi) is 3.99. The molecular formula is C12H17BrN2O2S. The van der Waals surface area contributed by atoms with Crippen molar-refractivity contribution >= 4 is 31.6 Å². The summed E-state index contributed by atoms with van der Waals surface area (Å²) in [4.78, 5) is 0.303. The van der Waals surface area contributed by atoms with E-state index in [4.69, 9.17) is 5.73 Å². The van der Waals surface area contributed by atoms with Crippen LogP contribution in [0.4, 0.5) is 5.69 Å². The highest BCUT2D eigenvalue weighted by Crippen LogP contribution is 2.34. The number of benzene rings is 1. The summed E-state index contributed by atoms with van der Waals surface area (Å²) in [7, 11) is -3.42. The van der Waals surface area contributed by atoms with Crippen molar-refractivity contribution in [1.29, 1.82) is 0 Å². The minimum Gasteiger partial charge on any atom is -0.399 e. The minimum absolute atomic E-state index is 0.180. The van der Waals surface area contributed by atoms with Crippen molar-refractivity contribution in [3.8, 4) is 0 Å². The molecule has 0 spiro atoms. The zero-order valence-corrected chi connectivity index (χ0v) is 12.7. The van der Waals surface area contributed by atoms with Gasteiger partial charge in [0.2, 0.25) is 10.0 Å². The van der Waals surface area contributed by atoms with Crippen molar-refractivity contribution in [2.24, 2.45) is 0 Å². The molecule has 0 atom stereocenters. The number of halogens is 1. The molecule has 0 aromatic heterocycles. The Bertz CT molecular complexity index is 541. The molecule has 1 aliphatic rings. The van der Waals surface area contributed by atoms with Crippen molar-refractivity contribution in [2.75, 3.05) is 12.3 Å². The van der Waals surface area contributed by atoms with E-state index in [9.17, 15) is 8.42 Å². The van der Waals surface area contributed by atoms with Crippen molar-refractivity contribution < 1.29 is 8.42 Å². The van der Waals surface area contributed by atoms with Crippen LogP contribution in [0.5, 0.6) is 0 Å². The fourth-order valence-electron chi connectivity index (χ4n) is 1.93. The summed E-state index contributed by atoms with van der Waals surface area (Å²) < 4.78 is 27.3. The predicted octanol–water partition coefficient (Wildman–Crippen LogP) is 2.59. The molecule has 6 heteroatoms. The number of nitrogens with zero attached hydrogens (tertiary/aromatic N) is 1. The zero-order chi connectivity index (χ0) is 13.3. The van der Waals surface area contributed by atoms with Gasteiger partial charge in [-0.1, -0.05) is 6.92 Å². The number of anilines is 1. The van der Waals surface area contributed by atoms with Gasteiger partial charge in [0.25, 0.3) is 0 Å². The first-order valence-electron chi connectivity index (χ1n) is 6.03. The van der Waals surface area contributed by atoms with Gasteiger partial charge in [0, 0.05) is 22.7 Å². The standard InChI is InChI=1S/C12H17BrN2O2S/c1-2-7-15(10-4-5-10)18(16,17)12-6-3-9(14)8-11(12)13/h3,6,8,10H,2,4-5,7,14H2,1H3. The van der Waals surface area contributed by atoms with Gasteiger partial charge in [0.15, 0.2) is 0 Å². The lowest BCUT2D eigenvalue weighted by Gasteiger charge is -2.22. The molecule has 0 aliphatic heterocycles. The Balaban J connectivity index is 2.39. The van der Waals surface area contributed by atoms with Gasteiger partial charge in [-0.05, 0) is 53.4 Å². The molecule has 18 heavy (non-hydrogen) atoms. The van der Waals surface area contributed by atoms with Gasteiger partial charge in [-0.2, -0.15) is 4.31 Å². The van der Waals surface area contributed by atoms with Crippen molar-refractivity contribution in [1.82, 2.24) is 4.31 Å². The lowest BCUT2D eigenvalue weighted by molar-refractivity contribution is 0.403. The molecule has 4 nitrogen and oxygen atoms in total. The molecule has 0 unspecified atom stereocenters. The van der Waals surface area contributed by atoms with Crippen LogP contribution in [0.1, 0.15) is 26.2 Å². The second-order valence-corrected chi connectivity index (χ2v) is 7.25. The van der Waals surface area contributed by atoms with Gasteiger partial charge in [0.05, 0.1) is 4.90 Å². The molecular weight excluding hydrogens is 316 g/mol. The molecule has 0 amide bonds. The fraction of sp³-hybridized carbons (Fsp3) is 0.500. The highest BCUT2D eigenvalue weighted by Gasteiger charge is 2.38. The second-order valence-electron chi connectivity index (χ2n) is 4.54. The topological polar surface area (TPSA) is 63.4 Å². The predicted molar refractivity (Wildman–Crippen MR) is 75.8 cm³/mol. The van der Waals surface area contributed by atoms with E-state index in [1.165, 1.54) is 0 Å². The molecule has 1 aliphatic carbocycles. The maximum absolute atomic E-state index is 12.6. The van der Waals surface area contributed by atoms with Crippen LogP contribution in [0.3, 0.4) is 0 Å². The summed E-state index contributed by atoms with van der Waals surface area (Å²) in [6, 6.07) is 5.00. The van der Waals surface area contributed by atoms with Crippen LogP contribution in [-0.4, -0.2) is 25.3 Å². The van der Waals surface area contributed by atoms with Crippen LogP contribution in [0.25, 0.3) is 0 Å². The lowest BCUT2D eigenvalue weighted by atomic mass is 10.3. The largest absolute Gasteiger partial charge is 0.399 e. The van der Waals surface area contributed by atoms with Gasteiger partial charge < -0.3 is 5.73 Å². The molecule has 1 saturated carbocycles. The Labute approximate surface area is 116 Å². The van der Waals surface area contributed by atoms with Crippen LogP contribution in [0.15, 0.2) is 27.6 Å². The van der Waals surface area contributed by atoms with E-state index >= 15 is 0 Å². The number of nitrogens with two attached hydrogens (primary N) is 1. The van der Waals surface area contributed by atoms with Crippen molar-refractivity contribution in [3.63, 3.8) is 0 Å². The number of sulfonamides is 1. The Morgan fingerprint density at radius 1 is 1.44 bits per heavy atom. The third kappa shape index (κ3) is 2.70. The first-order chi connectivity index (χ1) is 8.46. The van der Waals surface area contributed by atoms with Gasteiger partial charge in [-0.25, -0.2) is 8.42 Å². The van der Waals surface area contributed by atoms with E-state index in [0.29, 0.717) is 21.6 Å². The highest BCUT2D eigenvalue weighted by molar-refractivity contribution is 9.10. The van der Waals surface area contributed by atoms with E-state index in [-0.39, 0.29) is 6.04 Å². The smallest absolute Gasteiger partial charge is 0.244 e. The van der Waals surface area contributed by atoms with E-state index in [1.54, 1.807) is 22.5 Å². The number of rotatable bonds is 5. The zero-order valence-electron chi connectivity index (χ0n) is 10.3. The molecule has 1 aromatic rings. The van der Waals surface area contributed by atoms with Gasteiger partial charge in [-0.15, -0.1) is 0 Å². The molecule has 0 heterocycles. The minimum atomic E-state index is -3.42. The molecule has 1 aromatic carbocycles. The summed E-state index contributed by atoms with van der Waals surface area (Å²) >= 11 is 3.29. The number of hydrogen-bond donors (Lipinski definition) is 1. The van der Waals surface area contributed by atoms with E-state index < -0.39 is 10.0 Å². The van der Waals surface area contributed by atoms with E-state index in [0.717, 1.165) is 19.3 Å². The van der Waals surface area contributed by atoms with Gasteiger partial charge in [-0.3, -0.25) is 0 Å². The molecule has 1 fully saturated rings. The quantitative estimate of drug-likeness (QED) is 0.843. The van der Waals surface area contributed by atoms with Gasteiger partial charge in [0.1, 0.15) is 0 Å². The van der Waals surface area contributed by atoms with Crippen LogP contribution in [0.2, 0.25) is 0 Å². The monoisotopic (exact) mass is 332 g/mol. The van der Waals surface area contributed by atoms with E-state index in [2.05, 4.69) is 15.9 Å². The Morgan fingerprint density at radius 2 is 2.11 bits per heavy atom. The Morgan fingerprint density at radius 3 is 2.61 bits per heavy atom. The third-order valence-electron chi connectivity index (χ3n) is 2.94. The van der Waals surface area contributed by atoms with Crippen LogP contribution >= 0.6 is 15.9 Å².